The summed E-state index contributed by atoms with van der Waals surface area (Å²) in [6.45, 7) is 13.3. The fourth-order valence-corrected chi connectivity index (χ4v) is 2.26. The third kappa shape index (κ3) is 7.03. The number of hydrogen-bond donors (Lipinski definition) is 2. The number of ether oxygens (including phenoxy) is 2. The number of rotatable bonds is 6. The number of benzene rings is 1. The predicted octanol–water partition coefficient (Wildman–Crippen LogP) is 3.48. The van der Waals surface area contributed by atoms with E-state index in [0.717, 1.165) is 16.9 Å². The molecule has 0 saturated carbocycles. The van der Waals surface area contributed by atoms with Gasteiger partial charge in [0.2, 0.25) is 5.91 Å². The Labute approximate surface area is 150 Å². The number of carbonyl (C=O) groups is 2. The molecule has 1 rings (SSSR count). The largest absolute Gasteiger partial charge is 0.494 e. The van der Waals surface area contributed by atoms with E-state index in [-0.39, 0.29) is 11.9 Å². The third-order valence-corrected chi connectivity index (χ3v) is 3.42. The van der Waals surface area contributed by atoms with E-state index in [2.05, 4.69) is 10.6 Å². The Morgan fingerprint density at radius 3 is 2.36 bits per heavy atom. The minimum atomic E-state index is -0.711. The zero-order valence-electron chi connectivity index (χ0n) is 16.2. The van der Waals surface area contributed by atoms with Crippen molar-refractivity contribution in [3.8, 4) is 5.75 Å². The second-order valence-corrected chi connectivity index (χ2v) is 7.07. The Morgan fingerprint density at radius 1 is 1.16 bits per heavy atom. The summed E-state index contributed by atoms with van der Waals surface area (Å²) in [5.74, 6) is 0.455. The maximum Gasteiger partial charge on any atom is 0.408 e. The number of carbonyl (C=O) groups excluding carboxylic acids is 2. The summed E-state index contributed by atoms with van der Waals surface area (Å²) in [5, 5.41) is 5.44. The van der Waals surface area contributed by atoms with Crippen LogP contribution in [0, 0.1) is 6.92 Å². The maximum absolute atomic E-state index is 12.4. The van der Waals surface area contributed by atoms with Crippen molar-refractivity contribution in [2.45, 2.75) is 66.2 Å². The van der Waals surface area contributed by atoms with Crippen molar-refractivity contribution >= 4 is 12.0 Å². The Hall–Kier alpha value is -2.24. The molecule has 2 N–H and O–H groups in total. The lowest BCUT2D eigenvalue weighted by atomic mass is 10.0. The van der Waals surface area contributed by atoms with Crippen LogP contribution in [0.3, 0.4) is 0 Å². The third-order valence-electron chi connectivity index (χ3n) is 3.42. The lowest BCUT2D eigenvalue weighted by molar-refractivity contribution is -0.123. The van der Waals surface area contributed by atoms with Gasteiger partial charge in [-0.2, -0.15) is 0 Å². The highest BCUT2D eigenvalue weighted by Gasteiger charge is 2.23. The highest BCUT2D eigenvalue weighted by atomic mass is 16.6. The molecule has 0 heterocycles. The van der Waals surface area contributed by atoms with Crippen LogP contribution in [0.25, 0.3) is 0 Å². The van der Waals surface area contributed by atoms with Gasteiger partial charge >= 0.3 is 6.09 Å². The number of amides is 2. The smallest absolute Gasteiger partial charge is 0.408 e. The molecule has 0 spiro atoms. The van der Waals surface area contributed by atoms with E-state index >= 15 is 0 Å². The maximum atomic E-state index is 12.4. The molecule has 1 aromatic carbocycles. The van der Waals surface area contributed by atoms with E-state index in [0.29, 0.717) is 6.61 Å². The lowest BCUT2D eigenvalue weighted by Gasteiger charge is -2.23. The van der Waals surface area contributed by atoms with Crippen molar-refractivity contribution in [1.29, 1.82) is 0 Å². The van der Waals surface area contributed by atoms with E-state index in [4.69, 9.17) is 9.47 Å². The first kappa shape index (κ1) is 20.8. The second kappa shape index (κ2) is 8.74. The average Bonchev–Trinajstić information content (AvgIpc) is 2.47. The van der Waals surface area contributed by atoms with E-state index in [1.165, 1.54) is 0 Å². The molecule has 2 unspecified atom stereocenters. The van der Waals surface area contributed by atoms with Crippen LogP contribution >= 0.6 is 0 Å². The fourth-order valence-electron chi connectivity index (χ4n) is 2.26. The molecule has 0 fully saturated rings. The number of hydrogen-bond acceptors (Lipinski definition) is 4. The zero-order valence-corrected chi connectivity index (χ0v) is 16.2. The van der Waals surface area contributed by atoms with Crippen LogP contribution in [0.5, 0.6) is 5.75 Å². The minimum absolute atomic E-state index is 0.253. The first-order chi connectivity index (χ1) is 11.5. The molecule has 0 bridgehead atoms. The van der Waals surface area contributed by atoms with Crippen molar-refractivity contribution in [3.05, 3.63) is 29.3 Å². The molecule has 0 aliphatic carbocycles. The molecule has 6 heteroatoms. The van der Waals surface area contributed by atoms with E-state index < -0.39 is 17.7 Å². The van der Waals surface area contributed by atoms with Crippen LogP contribution < -0.4 is 15.4 Å². The summed E-state index contributed by atoms with van der Waals surface area (Å²) < 4.78 is 10.8. The van der Waals surface area contributed by atoms with Crippen molar-refractivity contribution in [2.24, 2.45) is 0 Å². The highest BCUT2D eigenvalue weighted by molar-refractivity contribution is 5.85. The number of alkyl carbamates (subject to hydrolysis) is 1. The molecule has 0 radical (unpaired) electrons. The monoisotopic (exact) mass is 350 g/mol. The Balaban J connectivity index is 2.73. The van der Waals surface area contributed by atoms with Crippen molar-refractivity contribution in [2.75, 3.05) is 6.61 Å². The quantitative estimate of drug-likeness (QED) is 0.823. The lowest BCUT2D eigenvalue weighted by Crippen LogP contribution is -2.47. The van der Waals surface area contributed by atoms with Gasteiger partial charge in [0.25, 0.3) is 0 Å². The fraction of sp³-hybridized carbons (Fsp3) is 0.579. The van der Waals surface area contributed by atoms with Crippen LogP contribution in [0.2, 0.25) is 0 Å². The summed E-state index contributed by atoms with van der Waals surface area (Å²) in [6, 6.07) is 4.89. The first-order valence-corrected chi connectivity index (χ1v) is 8.56. The highest BCUT2D eigenvalue weighted by Crippen LogP contribution is 2.26. The molecule has 0 aliphatic heterocycles. The zero-order chi connectivity index (χ0) is 19.2. The summed E-state index contributed by atoms with van der Waals surface area (Å²) in [4.78, 5) is 24.1. The molecule has 0 aromatic heterocycles. The first-order valence-electron chi connectivity index (χ1n) is 8.56. The summed E-state index contributed by atoms with van der Waals surface area (Å²) >= 11 is 0. The van der Waals surface area contributed by atoms with Gasteiger partial charge in [0.05, 0.1) is 12.6 Å². The molecule has 0 saturated heterocycles. The normalized spacial score (nSPS) is 13.6. The summed E-state index contributed by atoms with van der Waals surface area (Å²) in [6.07, 6.45) is -0.617. The van der Waals surface area contributed by atoms with E-state index in [1.54, 1.807) is 27.7 Å². The second-order valence-electron chi connectivity index (χ2n) is 7.07. The SMILES string of the molecule is CCOc1ccc(C)cc1C(C)NC(=O)C(C)NC(=O)OC(C)(C)C. The molecule has 2 amide bonds. The van der Waals surface area contributed by atoms with Gasteiger partial charge in [0, 0.05) is 5.56 Å². The molecule has 2 atom stereocenters. The Bertz CT molecular complexity index is 608. The van der Waals surface area contributed by atoms with Crippen molar-refractivity contribution in [3.63, 3.8) is 0 Å². The van der Waals surface area contributed by atoms with E-state index in [9.17, 15) is 9.59 Å². The van der Waals surface area contributed by atoms with Crippen LogP contribution in [0.15, 0.2) is 18.2 Å². The van der Waals surface area contributed by atoms with Gasteiger partial charge in [0.1, 0.15) is 17.4 Å². The Kier molecular flexibility index (Phi) is 7.27. The number of nitrogens with one attached hydrogen (secondary N) is 2. The standard InChI is InChI=1S/C19H30N2O4/c1-8-24-16-10-9-12(2)11-15(16)13(3)20-17(22)14(4)21-18(23)25-19(5,6)7/h9-11,13-14H,8H2,1-7H3,(H,20,22)(H,21,23). The molecule has 25 heavy (non-hydrogen) atoms. The van der Waals surface area contributed by atoms with Gasteiger partial charge in [-0.05, 0) is 54.5 Å². The van der Waals surface area contributed by atoms with Crippen molar-refractivity contribution in [1.82, 2.24) is 10.6 Å². The van der Waals surface area contributed by atoms with Crippen LogP contribution in [0.1, 0.15) is 58.7 Å². The minimum Gasteiger partial charge on any atom is -0.494 e. The molecular weight excluding hydrogens is 320 g/mol. The molecule has 0 aliphatic rings. The summed E-state index contributed by atoms with van der Waals surface area (Å²) in [7, 11) is 0. The summed E-state index contributed by atoms with van der Waals surface area (Å²) in [5.41, 5.74) is 1.38. The predicted molar refractivity (Wildman–Crippen MR) is 97.7 cm³/mol. The molecular formula is C19H30N2O4. The van der Waals surface area contributed by atoms with Gasteiger partial charge in [-0.3, -0.25) is 4.79 Å². The van der Waals surface area contributed by atoms with Gasteiger partial charge in [0.15, 0.2) is 0 Å². The molecule has 140 valence electrons. The van der Waals surface area contributed by atoms with Gasteiger partial charge in [-0.15, -0.1) is 0 Å². The van der Waals surface area contributed by atoms with Crippen LogP contribution in [-0.4, -0.2) is 30.3 Å². The van der Waals surface area contributed by atoms with Gasteiger partial charge in [-0.1, -0.05) is 17.7 Å². The van der Waals surface area contributed by atoms with E-state index in [1.807, 2.05) is 39.0 Å². The van der Waals surface area contributed by atoms with Crippen molar-refractivity contribution < 1.29 is 19.1 Å². The molecule has 6 nitrogen and oxygen atoms in total. The van der Waals surface area contributed by atoms with Gasteiger partial charge in [-0.25, -0.2) is 4.79 Å². The number of aryl methyl sites for hydroxylation is 1. The van der Waals surface area contributed by atoms with Gasteiger partial charge < -0.3 is 20.1 Å². The Morgan fingerprint density at radius 2 is 1.80 bits per heavy atom. The van der Waals surface area contributed by atoms with Crippen LogP contribution in [0.4, 0.5) is 4.79 Å². The molecule has 1 aromatic rings. The average molecular weight is 350 g/mol. The topological polar surface area (TPSA) is 76.7 Å². The van der Waals surface area contributed by atoms with Crippen LogP contribution in [-0.2, 0) is 9.53 Å².